The van der Waals surface area contributed by atoms with Gasteiger partial charge in [0, 0.05) is 13.2 Å². The van der Waals surface area contributed by atoms with Crippen LogP contribution in [-0.4, -0.2) is 30.8 Å². The molecule has 2 N–H and O–H groups in total. The van der Waals surface area contributed by atoms with E-state index >= 15 is 0 Å². The molecule has 0 atom stereocenters. The first-order valence-electron chi connectivity index (χ1n) is 5.14. The third-order valence-corrected chi connectivity index (χ3v) is 3.19. The van der Waals surface area contributed by atoms with Gasteiger partial charge in [-0.2, -0.15) is 5.10 Å². The predicted molar refractivity (Wildman–Crippen MR) is 67.3 cm³/mol. The number of carbonyl (C=O) groups is 1. The second-order valence-corrected chi connectivity index (χ2v) is 4.41. The number of aromatic amines is 1. The first kappa shape index (κ1) is 13.2. The van der Waals surface area contributed by atoms with Crippen LogP contribution in [0.15, 0.2) is 16.7 Å². The average molecular weight is 329 g/mol. The molecule has 100 valence electrons. The van der Waals surface area contributed by atoms with E-state index in [0.29, 0.717) is 0 Å². The van der Waals surface area contributed by atoms with Gasteiger partial charge in [0.05, 0.1) is 12.2 Å². The molecular formula is C9H9BrN6O3. The zero-order valence-corrected chi connectivity index (χ0v) is 11.3. The van der Waals surface area contributed by atoms with Crippen LogP contribution in [0.1, 0.15) is 16.2 Å². The zero-order valence-electron chi connectivity index (χ0n) is 9.75. The number of hydrogen-bond donors (Lipinski definition) is 2. The summed E-state index contributed by atoms with van der Waals surface area (Å²) in [5, 5.41) is 23.0. The number of hydrogen-bond acceptors (Lipinski definition) is 5. The van der Waals surface area contributed by atoms with Gasteiger partial charge in [-0.05, 0) is 26.9 Å². The summed E-state index contributed by atoms with van der Waals surface area (Å²) in [4.78, 5) is 21.8. The van der Waals surface area contributed by atoms with Crippen molar-refractivity contribution in [3.8, 4) is 0 Å². The number of nitrogens with zero attached hydrogens (tertiary/aromatic N) is 4. The van der Waals surface area contributed by atoms with Crippen molar-refractivity contribution < 1.29 is 9.72 Å². The Kier molecular flexibility index (Phi) is 3.60. The van der Waals surface area contributed by atoms with E-state index in [1.54, 1.807) is 24.0 Å². The number of amides is 1. The van der Waals surface area contributed by atoms with Crippen molar-refractivity contribution in [2.24, 2.45) is 7.05 Å². The second-order valence-electron chi connectivity index (χ2n) is 3.62. The van der Waals surface area contributed by atoms with Gasteiger partial charge in [0.15, 0.2) is 5.69 Å². The molecule has 1 amide bonds. The van der Waals surface area contributed by atoms with Crippen molar-refractivity contribution in [3.05, 3.63) is 38.2 Å². The Bertz CT molecular complexity index is 634. The third kappa shape index (κ3) is 2.62. The molecule has 0 aliphatic heterocycles. The summed E-state index contributed by atoms with van der Waals surface area (Å²) in [5.41, 5.74) is 0.739. The Balaban J connectivity index is 2.08. The molecule has 2 aromatic heterocycles. The summed E-state index contributed by atoms with van der Waals surface area (Å²) in [5.74, 6) is -0.872. The molecule has 0 spiro atoms. The average Bonchev–Trinajstić information content (AvgIpc) is 2.92. The van der Waals surface area contributed by atoms with Gasteiger partial charge in [-0.1, -0.05) is 5.10 Å². The highest BCUT2D eigenvalue weighted by Crippen LogP contribution is 2.25. The highest BCUT2D eigenvalue weighted by atomic mass is 79.9. The molecule has 0 aromatic carbocycles. The number of carbonyl (C=O) groups excluding carboxylic acids is 1. The Morgan fingerprint density at radius 3 is 2.95 bits per heavy atom. The molecule has 9 nitrogen and oxygen atoms in total. The van der Waals surface area contributed by atoms with Crippen LogP contribution in [0.5, 0.6) is 0 Å². The van der Waals surface area contributed by atoms with E-state index in [0.717, 1.165) is 5.69 Å². The van der Waals surface area contributed by atoms with Crippen molar-refractivity contribution in [1.82, 2.24) is 25.3 Å². The van der Waals surface area contributed by atoms with Crippen LogP contribution in [0.2, 0.25) is 0 Å². The van der Waals surface area contributed by atoms with E-state index in [9.17, 15) is 14.9 Å². The number of rotatable bonds is 4. The van der Waals surface area contributed by atoms with Gasteiger partial charge in [0.25, 0.3) is 5.91 Å². The highest BCUT2D eigenvalue weighted by Gasteiger charge is 2.24. The maximum atomic E-state index is 11.8. The normalized spacial score (nSPS) is 10.4. The van der Waals surface area contributed by atoms with E-state index in [-0.39, 0.29) is 22.5 Å². The number of nitrogens with one attached hydrogen (secondary N) is 2. The molecule has 19 heavy (non-hydrogen) atoms. The van der Waals surface area contributed by atoms with Crippen LogP contribution in [0, 0.1) is 10.1 Å². The van der Waals surface area contributed by atoms with E-state index < -0.39 is 10.8 Å². The lowest BCUT2D eigenvalue weighted by atomic mass is 10.3. The Morgan fingerprint density at radius 1 is 1.68 bits per heavy atom. The molecule has 0 radical (unpaired) electrons. The maximum absolute atomic E-state index is 11.8. The maximum Gasteiger partial charge on any atom is 0.357 e. The molecule has 0 bridgehead atoms. The van der Waals surface area contributed by atoms with Crippen molar-refractivity contribution in [2.75, 3.05) is 0 Å². The largest absolute Gasteiger partial charge is 0.358 e. The fourth-order valence-electron chi connectivity index (χ4n) is 1.42. The Morgan fingerprint density at radius 2 is 2.42 bits per heavy atom. The van der Waals surface area contributed by atoms with E-state index in [1.165, 1.54) is 0 Å². The topological polar surface area (TPSA) is 119 Å². The zero-order chi connectivity index (χ0) is 14.0. The SMILES string of the molecule is Cn1nccc1CNC(=O)c1n[nH]c([N+](=O)[O-])c1Br. The summed E-state index contributed by atoms with van der Waals surface area (Å²) in [6, 6.07) is 1.75. The van der Waals surface area contributed by atoms with Gasteiger partial charge in [0.2, 0.25) is 0 Å². The predicted octanol–water partition coefficient (Wildman–Crippen LogP) is 0.744. The lowest BCUT2D eigenvalue weighted by Gasteiger charge is -2.03. The standard InChI is InChI=1S/C9H9BrN6O3/c1-15-5(2-3-12-15)4-11-9(17)7-6(10)8(14-13-7)16(18)19/h2-3H,4H2,1H3,(H,11,17)(H,13,14). The molecule has 0 saturated carbocycles. The number of H-pyrrole nitrogens is 1. The van der Waals surface area contributed by atoms with Gasteiger partial charge in [-0.15, -0.1) is 5.10 Å². The number of halogens is 1. The van der Waals surface area contributed by atoms with Gasteiger partial charge in [-0.3, -0.25) is 9.48 Å². The summed E-state index contributed by atoms with van der Waals surface area (Å²) in [6.45, 7) is 0.252. The first-order valence-corrected chi connectivity index (χ1v) is 5.93. The third-order valence-electron chi connectivity index (χ3n) is 2.44. The Hall–Kier alpha value is -2.23. The molecule has 0 fully saturated rings. The van der Waals surface area contributed by atoms with E-state index in [2.05, 4.69) is 36.5 Å². The minimum atomic E-state index is -0.658. The quantitative estimate of drug-likeness (QED) is 0.633. The molecule has 0 aliphatic rings. The Labute approximate surface area is 115 Å². The van der Waals surface area contributed by atoms with Crippen LogP contribution in [0.3, 0.4) is 0 Å². The molecule has 0 saturated heterocycles. The van der Waals surface area contributed by atoms with E-state index in [4.69, 9.17) is 0 Å². The number of nitro groups is 1. The summed E-state index contributed by atoms with van der Waals surface area (Å²) < 4.78 is 1.64. The van der Waals surface area contributed by atoms with Gasteiger partial charge < -0.3 is 15.4 Å². The molecule has 2 heterocycles. The molecule has 10 heteroatoms. The van der Waals surface area contributed by atoms with Crippen LogP contribution in [-0.2, 0) is 13.6 Å². The molecule has 2 aromatic rings. The first-order chi connectivity index (χ1) is 9.00. The summed E-state index contributed by atoms with van der Waals surface area (Å²) in [7, 11) is 1.75. The van der Waals surface area contributed by atoms with Crippen molar-refractivity contribution in [3.63, 3.8) is 0 Å². The minimum absolute atomic E-state index is 0.0278. The van der Waals surface area contributed by atoms with Crippen molar-refractivity contribution in [2.45, 2.75) is 6.54 Å². The molecule has 2 rings (SSSR count). The van der Waals surface area contributed by atoms with Gasteiger partial charge >= 0.3 is 5.82 Å². The lowest BCUT2D eigenvalue weighted by molar-refractivity contribution is -0.390. The highest BCUT2D eigenvalue weighted by molar-refractivity contribution is 9.10. The number of aryl methyl sites for hydroxylation is 1. The van der Waals surface area contributed by atoms with Crippen molar-refractivity contribution in [1.29, 1.82) is 0 Å². The summed E-state index contributed by atoms with van der Waals surface area (Å²) in [6.07, 6.45) is 1.61. The van der Waals surface area contributed by atoms with Crippen LogP contribution < -0.4 is 5.32 Å². The summed E-state index contributed by atoms with van der Waals surface area (Å²) >= 11 is 2.97. The molecule has 0 unspecified atom stereocenters. The fraction of sp³-hybridized carbons (Fsp3) is 0.222. The van der Waals surface area contributed by atoms with Crippen LogP contribution in [0.25, 0.3) is 0 Å². The van der Waals surface area contributed by atoms with Crippen LogP contribution >= 0.6 is 15.9 Å². The van der Waals surface area contributed by atoms with Gasteiger partial charge in [0.1, 0.15) is 4.47 Å². The monoisotopic (exact) mass is 328 g/mol. The lowest BCUT2D eigenvalue weighted by Crippen LogP contribution is -2.24. The van der Waals surface area contributed by atoms with Gasteiger partial charge in [-0.25, -0.2) is 0 Å². The van der Waals surface area contributed by atoms with Crippen LogP contribution in [0.4, 0.5) is 5.82 Å². The minimum Gasteiger partial charge on any atom is -0.358 e. The van der Waals surface area contributed by atoms with E-state index in [1.807, 2.05) is 0 Å². The number of aromatic nitrogens is 4. The fourth-order valence-corrected chi connectivity index (χ4v) is 1.92. The molecule has 0 aliphatic carbocycles. The second kappa shape index (κ2) is 5.18. The van der Waals surface area contributed by atoms with Crippen molar-refractivity contribution >= 4 is 27.7 Å². The molecular weight excluding hydrogens is 320 g/mol. The smallest absolute Gasteiger partial charge is 0.357 e.